The van der Waals surface area contributed by atoms with Crippen LogP contribution in [0.5, 0.6) is 5.75 Å². The predicted octanol–water partition coefficient (Wildman–Crippen LogP) is 3.19. The van der Waals surface area contributed by atoms with E-state index in [1.165, 1.54) is 0 Å². The van der Waals surface area contributed by atoms with Gasteiger partial charge in [-0.15, -0.1) is 0 Å². The van der Waals surface area contributed by atoms with Crippen molar-refractivity contribution in [3.8, 4) is 5.75 Å². The van der Waals surface area contributed by atoms with E-state index < -0.39 is 0 Å². The molecule has 1 saturated heterocycles. The van der Waals surface area contributed by atoms with Gasteiger partial charge in [-0.05, 0) is 37.3 Å². The molecule has 1 aliphatic rings. The maximum atomic E-state index is 12.5. The number of aromatic hydroxyl groups is 1. The number of benzene rings is 2. The number of nitrogens with zero attached hydrogens (tertiary/aromatic N) is 2. The molecule has 2 aromatic carbocycles. The molecule has 1 fully saturated rings. The Hall–Kier alpha value is -2.24. The van der Waals surface area contributed by atoms with E-state index in [4.69, 9.17) is 11.6 Å². The molecule has 0 radical (unpaired) electrons. The minimum absolute atomic E-state index is 0.0433. The van der Waals surface area contributed by atoms with Gasteiger partial charge in [-0.3, -0.25) is 9.69 Å². The molecule has 5 nitrogen and oxygen atoms in total. The predicted molar refractivity (Wildman–Crippen MR) is 101 cm³/mol. The van der Waals surface area contributed by atoms with Gasteiger partial charge in [0, 0.05) is 36.9 Å². The number of carbonyl (C=O) groups excluding carboxylic acids is 1. The molecule has 6 heteroatoms. The summed E-state index contributed by atoms with van der Waals surface area (Å²) in [5.41, 5.74) is 1.55. The van der Waals surface area contributed by atoms with Crippen LogP contribution in [-0.2, 0) is 4.79 Å². The zero-order valence-electron chi connectivity index (χ0n) is 14.2. The Bertz CT molecular complexity index is 745. The Balaban J connectivity index is 1.57. The van der Waals surface area contributed by atoms with E-state index in [0.29, 0.717) is 16.5 Å². The molecule has 25 heavy (non-hydrogen) atoms. The zero-order chi connectivity index (χ0) is 17.8. The number of para-hydroxylation sites is 2. The van der Waals surface area contributed by atoms with Crippen molar-refractivity contribution in [2.24, 2.45) is 0 Å². The summed E-state index contributed by atoms with van der Waals surface area (Å²) in [6.07, 6.45) is 0. The molecule has 0 bridgehead atoms. The summed E-state index contributed by atoms with van der Waals surface area (Å²) in [4.78, 5) is 16.8. The quantitative estimate of drug-likeness (QED) is 0.880. The molecule has 1 aliphatic heterocycles. The van der Waals surface area contributed by atoms with Crippen LogP contribution in [0.1, 0.15) is 6.92 Å². The van der Waals surface area contributed by atoms with Gasteiger partial charge in [0.05, 0.1) is 11.7 Å². The maximum absolute atomic E-state index is 12.5. The molecule has 0 aliphatic carbocycles. The van der Waals surface area contributed by atoms with E-state index in [9.17, 15) is 9.90 Å². The second kappa shape index (κ2) is 7.76. The molecule has 1 atom stereocenters. The second-order valence-corrected chi connectivity index (χ2v) is 6.62. The average Bonchev–Trinajstić information content (AvgIpc) is 2.62. The zero-order valence-corrected chi connectivity index (χ0v) is 14.9. The Morgan fingerprint density at radius 3 is 2.52 bits per heavy atom. The summed E-state index contributed by atoms with van der Waals surface area (Å²) in [6, 6.07) is 14.3. The van der Waals surface area contributed by atoms with Crippen molar-refractivity contribution >= 4 is 28.9 Å². The summed E-state index contributed by atoms with van der Waals surface area (Å²) < 4.78 is 0. The molecule has 2 aromatic rings. The van der Waals surface area contributed by atoms with Crippen molar-refractivity contribution in [1.29, 1.82) is 0 Å². The number of carbonyl (C=O) groups is 1. The molecule has 2 N–H and O–H groups in total. The second-order valence-electron chi connectivity index (χ2n) is 6.19. The van der Waals surface area contributed by atoms with Crippen molar-refractivity contribution in [3.63, 3.8) is 0 Å². The fraction of sp³-hybridized carbons (Fsp3) is 0.316. The number of phenols is 1. The summed E-state index contributed by atoms with van der Waals surface area (Å²) >= 11 is 5.96. The smallest absolute Gasteiger partial charge is 0.241 e. The summed E-state index contributed by atoms with van der Waals surface area (Å²) in [5.74, 6) is 0.251. The topological polar surface area (TPSA) is 55.8 Å². The van der Waals surface area contributed by atoms with Gasteiger partial charge in [-0.1, -0.05) is 29.8 Å². The van der Waals surface area contributed by atoms with E-state index in [1.807, 2.05) is 37.3 Å². The molecule has 0 unspecified atom stereocenters. The first kappa shape index (κ1) is 17.6. The molecule has 1 amide bonds. The summed E-state index contributed by atoms with van der Waals surface area (Å²) in [7, 11) is 0. The summed E-state index contributed by atoms with van der Waals surface area (Å²) in [6.45, 7) is 4.98. The number of hydrogen-bond acceptors (Lipinski definition) is 4. The van der Waals surface area contributed by atoms with Crippen molar-refractivity contribution in [3.05, 3.63) is 53.6 Å². The molecule has 0 saturated carbocycles. The average molecular weight is 360 g/mol. The highest BCUT2D eigenvalue weighted by Crippen LogP contribution is 2.27. The monoisotopic (exact) mass is 359 g/mol. The normalized spacial score (nSPS) is 16.5. The van der Waals surface area contributed by atoms with Crippen molar-refractivity contribution in [2.45, 2.75) is 13.0 Å². The van der Waals surface area contributed by atoms with Gasteiger partial charge in [0.25, 0.3) is 0 Å². The van der Waals surface area contributed by atoms with E-state index >= 15 is 0 Å². The third-order valence-corrected chi connectivity index (χ3v) is 4.79. The van der Waals surface area contributed by atoms with Crippen molar-refractivity contribution in [2.75, 3.05) is 36.4 Å². The number of amides is 1. The van der Waals surface area contributed by atoms with E-state index in [0.717, 1.165) is 31.9 Å². The lowest BCUT2D eigenvalue weighted by Crippen LogP contribution is -2.52. The van der Waals surface area contributed by atoms with E-state index in [2.05, 4.69) is 15.1 Å². The lowest BCUT2D eigenvalue weighted by molar-refractivity contribution is -0.120. The molecular formula is C19H22ClN3O2. The number of piperazine rings is 1. The summed E-state index contributed by atoms with van der Waals surface area (Å²) in [5, 5.41) is 13.5. The third-order valence-electron chi connectivity index (χ3n) is 4.56. The van der Waals surface area contributed by atoms with Gasteiger partial charge in [0.15, 0.2) is 0 Å². The van der Waals surface area contributed by atoms with Crippen molar-refractivity contribution < 1.29 is 9.90 Å². The minimum atomic E-state index is -0.231. The number of anilines is 2. The first-order valence-electron chi connectivity index (χ1n) is 8.38. The largest absolute Gasteiger partial charge is 0.506 e. The number of rotatable bonds is 4. The highest BCUT2D eigenvalue weighted by atomic mass is 35.5. The van der Waals surface area contributed by atoms with Crippen LogP contribution in [-0.4, -0.2) is 48.1 Å². The van der Waals surface area contributed by atoms with Crippen LogP contribution in [0.2, 0.25) is 5.02 Å². The van der Waals surface area contributed by atoms with Crippen LogP contribution in [0.15, 0.2) is 48.5 Å². The maximum Gasteiger partial charge on any atom is 0.241 e. The molecule has 1 heterocycles. The molecule has 0 aromatic heterocycles. The fourth-order valence-electron chi connectivity index (χ4n) is 3.06. The first-order valence-corrected chi connectivity index (χ1v) is 8.76. The highest BCUT2D eigenvalue weighted by Gasteiger charge is 2.26. The number of hydrogen-bond donors (Lipinski definition) is 2. The Morgan fingerprint density at radius 1 is 1.12 bits per heavy atom. The Morgan fingerprint density at radius 2 is 1.84 bits per heavy atom. The van der Waals surface area contributed by atoms with Gasteiger partial charge in [0.2, 0.25) is 5.91 Å². The lowest BCUT2D eigenvalue weighted by atomic mass is 10.2. The molecule has 3 rings (SSSR count). The Labute approximate surface area is 152 Å². The van der Waals surface area contributed by atoms with Gasteiger partial charge in [0.1, 0.15) is 5.75 Å². The van der Waals surface area contributed by atoms with Crippen LogP contribution in [0.25, 0.3) is 0 Å². The standard InChI is InChI=1S/C19H22ClN3O2/c1-14(19(25)21-16-6-4-5-15(20)13-16)22-9-11-23(12-10-22)17-7-2-3-8-18(17)24/h2-8,13-14,24H,9-12H2,1H3,(H,21,25)/t14-/m1/s1. The van der Waals surface area contributed by atoms with Crippen molar-refractivity contribution in [1.82, 2.24) is 4.90 Å². The van der Waals surface area contributed by atoms with Crippen LogP contribution in [0.3, 0.4) is 0 Å². The number of nitrogens with one attached hydrogen (secondary N) is 1. The number of halogens is 1. The van der Waals surface area contributed by atoms with E-state index in [1.54, 1.807) is 18.2 Å². The van der Waals surface area contributed by atoms with Gasteiger partial charge >= 0.3 is 0 Å². The fourth-order valence-corrected chi connectivity index (χ4v) is 3.25. The van der Waals surface area contributed by atoms with Crippen LogP contribution in [0.4, 0.5) is 11.4 Å². The van der Waals surface area contributed by atoms with Gasteiger partial charge in [-0.25, -0.2) is 0 Å². The lowest BCUT2D eigenvalue weighted by Gasteiger charge is -2.38. The number of phenolic OH excluding ortho intramolecular Hbond substituents is 1. The first-order chi connectivity index (χ1) is 12.0. The van der Waals surface area contributed by atoms with Crippen LogP contribution >= 0.6 is 11.6 Å². The molecular weight excluding hydrogens is 338 g/mol. The van der Waals surface area contributed by atoms with Gasteiger partial charge in [-0.2, -0.15) is 0 Å². The van der Waals surface area contributed by atoms with E-state index in [-0.39, 0.29) is 11.9 Å². The minimum Gasteiger partial charge on any atom is -0.506 e. The molecule has 132 valence electrons. The SMILES string of the molecule is C[C@H](C(=O)Nc1cccc(Cl)c1)N1CCN(c2ccccc2O)CC1. The molecule has 0 spiro atoms. The van der Waals surface area contributed by atoms with Crippen LogP contribution < -0.4 is 10.2 Å². The Kier molecular flexibility index (Phi) is 5.46. The van der Waals surface area contributed by atoms with Crippen LogP contribution in [0, 0.1) is 0 Å². The highest BCUT2D eigenvalue weighted by molar-refractivity contribution is 6.30. The third kappa shape index (κ3) is 4.24. The van der Waals surface area contributed by atoms with Gasteiger partial charge < -0.3 is 15.3 Å².